The lowest BCUT2D eigenvalue weighted by Crippen LogP contribution is -2.47. The van der Waals surface area contributed by atoms with Crippen molar-refractivity contribution >= 4 is 41.5 Å². The quantitative estimate of drug-likeness (QED) is 0.272. The second kappa shape index (κ2) is 11.8. The zero-order valence-electron chi connectivity index (χ0n) is 21.8. The van der Waals surface area contributed by atoms with Crippen LogP contribution in [0.25, 0.3) is 0 Å². The summed E-state index contributed by atoms with van der Waals surface area (Å²) in [6.07, 6.45) is 0.517. The molecule has 1 amide bonds. The van der Waals surface area contributed by atoms with Gasteiger partial charge in [-0.1, -0.05) is 48.0 Å². The average molecular weight is 548 g/mol. The van der Waals surface area contributed by atoms with Gasteiger partial charge in [-0.15, -0.1) is 0 Å². The predicted octanol–water partition coefficient (Wildman–Crippen LogP) is 1.58. The van der Waals surface area contributed by atoms with Gasteiger partial charge in [-0.3, -0.25) is 9.79 Å². The minimum atomic E-state index is -1.50. The standard InChI is InChI=1S/C28H31BClN5O4/c1-17-33-34-28-24(16-26(36)31-14-13-18-3-7-20(8-4-18)29(37)38)32-27(19-5-9-21(30)10-6-19)23-15-22(39-2)11-12-25(23)35(17)28/h3-12,15,17,24,28,33-34,37-38H,13-14,16H2,1-2H3,(H,31,36). The van der Waals surface area contributed by atoms with Crippen molar-refractivity contribution in [2.45, 2.75) is 38.1 Å². The molecule has 2 aliphatic heterocycles. The van der Waals surface area contributed by atoms with Gasteiger partial charge in [0, 0.05) is 28.4 Å². The van der Waals surface area contributed by atoms with Crippen LogP contribution in [-0.4, -0.2) is 60.8 Å². The fourth-order valence-corrected chi connectivity index (χ4v) is 5.17. The number of amides is 1. The molecule has 0 saturated carbocycles. The number of hydrazine groups is 1. The van der Waals surface area contributed by atoms with Crippen molar-refractivity contribution in [1.29, 1.82) is 0 Å². The summed E-state index contributed by atoms with van der Waals surface area (Å²) in [7, 11) is 0.143. The molecule has 202 valence electrons. The lowest BCUT2D eigenvalue weighted by atomic mass is 9.80. The Balaban J connectivity index is 1.40. The minimum absolute atomic E-state index is 0.0344. The maximum Gasteiger partial charge on any atom is 0.488 e. The third kappa shape index (κ3) is 5.95. The summed E-state index contributed by atoms with van der Waals surface area (Å²) in [5, 5.41) is 22.2. The van der Waals surface area contributed by atoms with Crippen molar-refractivity contribution in [3.05, 3.63) is 88.4 Å². The molecule has 9 nitrogen and oxygen atoms in total. The lowest BCUT2D eigenvalue weighted by molar-refractivity contribution is -0.121. The Bertz CT molecular complexity index is 1350. The van der Waals surface area contributed by atoms with Crippen LogP contribution >= 0.6 is 11.6 Å². The molecule has 2 aliphatic rings. The summed E-state index contributed by atoms with van der Waals surface area (Å²) < 4.78 is 5.54. The predicted molar refractivity (Wildman–Crippen MR) is 153 cm³/mol. The molecule has 2 heterocycles. The van der Waals surface area contributed by atoms with Gasteiger partial charge in [0.15, 0.2) is 0 Å². The normalized spacial score (nSPS) is 20.0. The molecular weight excluding hydrogens is 517 g/mol. The Labute approximate surface area is 233 Å². The fraction of sp³-hybridized carbons (Fsp3) is 0.286. The Morgan fingerprint density at radius 3 is 2.54 bits per heavy atom. The van der Waals surface area contributed by atoms with Crippen molar-refractivity contribution in [2.75, 3.05) is 18.6 Å². The Morgan fingerprint density at radius 1 is 1.10 bits per heavy atom. The van der Waals surface area contributed by atoms with E-state index in [1.54, 1.807) is 19.2 Å². The van der Waals surface area contributed by atoms with Crippen LogP contribution in [-0.2, 0) is 11.2 Å². The van der Waals surface area contributed by atoms with Gasteiger partial charge < -0.3 is 25.0 Å². The number of hydrogen-bond donors (Lipinski definition) is 5. The van der Waals surface area contributed by atoms with E-state index in [4.69, 9.17) is 21.3 Å². The highest BCUT2D eigenvalue weighted by Gasteiger charge is 2.40. The average Bonchev–Trinajstić information content (AvgIpc) is 3.26. The highest BCUT2D eigenvalue weighted by molar-refractivity contribution is 6.58. The maximum absolute atomic E-state index is 13.1. The number of methoxy groups -OCH3 is 1. The molecule has 0 bridgehead atoms. The SMILES string of the molecule is COc1ccc2c(c1)C(c1ccc(Cl)cc1)=NC(CC(=O)NCCc1ccc(B(O)O)cc1)C1NNC(C)N21. The number of halogens is 1. The van der Waals surface area contributed by atoms with E-state index in [9.17, 15) is 14.8 Å². The number of carbonyl (C=O) groups is 1. The van der Waals surface area contributed by atoms with Crippen LogP contribution in [0.5, 0.6) is 5.75 Å². The maximum atomic E-state index is 13.1. The van der Waals surface area contributed by atoms with Gasteiger partial charge >= 0.3 is 7.12 Å². The Kier molecular flexibility index (Phi) is 8.20. The molecule has 3 aromatic rings. The first-order valence-electron chi connectivity index (χ1n) is 12.9. The van der Waals surface area contributed by atoms with Gasteiger partial charge in [0.1, 0.15) is 11.9 Å². The van der Waals surface area contributed by atoms with Gasteiger partial charge in [0.05, 0.1) is 31.4 Å². The zero-order valence-corrected chi connectivity index (χ0v) is 22.5. The highest BCUT2D eigenvalue weighted by atomic mass is 35.5. The van der Waals surface area contributed by atoms with Crippen LogP contribution in [0, 0.1) is 0 Å². The first kappa shape index (κ1) is 27.2. The van der Waals surface area contributed by atoms with E-state index in [-0.39, 0.29) is 24.7 Å². The van der Waals surface area contributed by atoms with E-state index in [2.05, 4.69) is 28.0 Å². The summed E-state index contributed by atoms with van der Waals surface area (Å²) in [5.74, 6) is 0.615. The zero-order chi connectivity index (χ0) is 27.5. The number of rotatable bonds is 8. The number of nitrogens with zero attached hydrogens (tertiary/aromatic N) is 2. The number of fused-ring (bicyclic) bond motifs is 3. The highest BCUT2D eigenvalue weighted by Crippen LogP contribution is 2.36. The smallest absolute Gasteiger partial charge is 0.488 e. The van der Waals surface area contributed by atoms with E-state index in [1.165, 1.54) is 0 Å². The van der Waals surface area contributed by atoms with Crippen LogP contribution in [0.1, 0.15) is 30.0 Å². The molecule has 0 spiro atoms. The minimum Gasteiger partial charge on any atom is -0.497 e. The number of anilines is 1. The molecule has 0 radical (unpaired) electrons. The van der Waals surface area contributed by atoms with E-state index in [1.807, 2.05) is 54.6 Å². The Hall–Kier alpha value is -3.41. The molecule has 0 aromatic heterocycles. The molecule has 3 unspecified atom stereocenters. The topological polar surface area (TPSA) is 118 Å². The largest absolute Gasteiger partial charge is 0.497 e. The molecule has 5 rings (SSSR count). The van der Waals surface area contributed by atoms with Gasteiger partial charge in [-0.05, 0) is 54.7 Å². The molecule has 1 fully saturated rings. The third-order valence-electron chi connectivity index (χ3n) is 7.08. The first-order chi connectivity index (χ1) is 18.8. The number of nitrogens with one attached hydrogen (secondary N) is 3. The summed E-state index contributed by atoms with van der Waals surface area (Å²) in [4.78, 5) is 20.5. The van der Waals surface area contributed by atoms with Crippen molar-refractivity contribution < 1.29 is 19.6 Å². The van der Waals surface area contributed by atoms with E-state index >= 15 is 0 Å². The Morgan fingerprint density at radius 2 is 1.85 bits per heavy atom. The molecule has 11 heteroatoms. The third-order valence-corrected chi connectivity index (χ3v) is 7.33. The van der Waals surface area contributed by atoms with Crippen molar-refractivity contribution in [2.24, 2.45) is 4.99 Å². The number of aliphatic imine (C=N–C) groups is 1. The molecule has 39 heavy (non-hydrogen) atoms. The van der Waals surface area contributed by atoms with Gasteiger partial charge in [0.2, 0.25) is 5.91 Å². The van der Waals surface area contributed by atoms with Crippen molar-refractivity contribution in [3.63, 3.8) is 0 Å². The van der Waals surface area contributed by atoms with Crippen molar-refractivity contribution in [3.8, 4) is 5.75 Å². The number of benzene rings is 3. The monoisotopic (exact) mass is 547 g/mol. The molecular formula is C28H31BClN5O4. The van der Waals surface area contributed by atoms with E-state index in [0.717, 1.165) is 33.8 Å². The number of ether oxygens (including phenoxy) is 1. The van der Waals surface area contributed by atoms with Crippen LogP contribution in [0.15, 0.2) is 71.7 Å². The van der Waals surface area contributed by atoms with Gasteiger partial charge in [-0.2, -0.15) is 0 Å². The summed E-state index contributed by atoms with van der Waals surface area (Å²) in [6, 6.07) is 20.1. The van der Waals surface area contributed by atoms with E-state index < -0.39 is 13.2 Å². The summed E-state index contributed by atoms with van der Waals surface area (Å²) in [5.41, 5.74) is 11.6. The molecule has 5 N–H and O–H groups in total. The van der Waals surface area contributed by atoms with Gasteiger partial charge in [0.25, 0.3) is 0 Å². The molecule has 1 saturated heterocycles. The first-order valence-corrected chi connectivity index (χ1v) is 13.2. The fourth-order valence-electron chi connectivity index (χ4n) is 5.05. The van der Waals surface area contributed by atoms with Crippen LogP contribution in [0.2, 0.25) is 5.02 Å². The van der Waals surface area contributed by atoms with Crippen molar-refractivity contribution in [1.82, 2.24) is 16.2 Å². The molecule has 0 aliphatic carbocycles. The van der Waals surface area contributed by atoms with Gasteiger partial charge in [-0.25, -0.2) is 10.9 Å². The molecule has 3 aromatic carbocycles. The van der Waals surface area contributed by atoms with E-state index in [0.29, 0.717) is 23.5 Å². The van der Waals surface area contributed by atoms with Crippen LogP contribution in [0.4, 0.5) is 5.69 Å². The number of hydrogen-bond acceptors (Lipinski definition) is 8. The molecule has 3 atom stereocenters. The van der Waals surface area contributed by atoms with Crippen LogP contribution < -0.4 is 31.3 Å². The number of carbonyl (C=O) groups excluding carboxylic acids is 1. The van der Waals surface area contributed by atoms with Crippen LogP contribution in [0.3, 0.4) is 0 Å². The summed E-state index contributed by atoms with van der Waals surface area (Å²) >= 11 is 6.18. The lowest BCUT2D eigenvalue weighted by Gasteiger charge is -2.31. The second-order valence-electron chi connectivity index (χ2n) is 9.67. The second-order valence-corrected chi connectivity index (χ2v) is 10.1. The summed E-state index contributed by atoms with van der Waals surface area (Å²) in [6.45, 7) is 2.51.